The van der Waals surface area contributed by atoms with Crippen LogP contribution in [0.3, 0.4) is 0 Å². The number of nitrogens with one attached hydrogen (secondary N) is 1. The van der Waals surface area contributed by atoms with Gasteiger partial charge in [0.1, 0.15) is 0 Å². The van der Waals surface area contributed by atoms with Gasteiger partial charge in [-0.25, -0.2) is 4.90 Å². The molecule has 0 saturated carbocycles. The highest BCUT2D eigenvalue weighted by Crippen LogP contribution is 2.29. The van der Waals surface area contributed by atoms with Gasteiger partial charge in [-0.15, -0.1) is 0 Å². The van der Waals surface area contributed by atoms with Crippen LogP contribution in [-0.2, 0) is 0 Å². The lowest BCUT2D eigenvalue weighted by molar-refractivity contribution is -0.249. The van der Waals surface area contributed by atoms with Crippen molar-refractivity contribution >= 4 is 0 Å². The van der Waals surface area contributed by atoms with Gasteiger partial charge in [-0.05, 0) is 19.9 Å². The van der Waals surface area contributed by atoms with Crippen molar-refractivity contribution in [3.8, 4) is 0 Å². The molecule has 0 bridgehead atoms. The lowest BCUT2D eigenvalue weighted by Gasteiger charge is -2.26. The first-order valence-corrected chi connectivity index (χ1v) is 4.04. The maximum atomic E-state index is 12.2. The van der Waals surface area contributed by atoms with Gasteiger partial charge in [-0.2, -0.15) is 13.2 Å². The fraction of sp³-hybridized carbons (Fsp3) is 1.00. The second kappa shape index (κ2) is 3.62. The standard InChI is InChI=1S/C7H13F3N2/c1-11-5-6-3-2-4-12(6)7(8,9)10/h6,11H,2-5H2,1H3. The van der Waals surface area contributed by atoms with Crippen LogP contribution < -0.4 is 5.32 Å². The number of likely N-dealkylation sites (N-methyl/N-ethyl adjacent to an activating group) is 1. The zero-order valence-corrected chi connectivity index (χ0v) is 6.99. The van der Waals surface area contributed by atoms with Crippen LogP contribution in [0.15, 0.2) is 0 Å². The molecule has 0 aromatic carbocycles. The molecule has 1 rings (SSSR count). The van der Waals surface area contributed by atoms with Gasteiger partial charge >= 0.3 is 6.30 Å². The Labute approximate surface area is 69.7 Å². The molecule has 0 aromatic heterocycles. The van der Waals surface area contributed by atoms with Crippen molar-refractivity contribution < 1.29 is 13.2 Å². The summed E-state index contributed by atoms with van der Waals surface area (Å²) < 4.78 is 36.7. The van der Waals surface area contributed by atoms with E-state index in [-0.39, 0.29) is 12.6 Å². The van der Waals surface area contributed by atoms with E-state index < -0.39 is 6.30 Å². The molecule has 1 heterocycles. The fourth-order valence-corrected chi connectivity index (χ4v) is 1.62. The molecule has 1 saturated heterocycles. The summed E-state index contributed by atoms with van der Waals surface area (Å²) in [6.45, 7) is 0.565. The van der Waals surface area contributed by atoms with E-state index in [0.717, 1.165) is 0 Å². The highest BCUT2D eigenvalue weighted by molar-refractivity contribution is 4.81. The third-order valence-electron chi connectivity index (χ3n) is 2.14. The van der Waals surface area contributed by atoms with Crippen LogP contribution in [0.5, 0.6) is 0 Å². The topological polar surface area (TPSA) is 15.3 Å². The Kier molecular flexibility index (Phi) is 2.95. The minimum absolute atomic E-state index is 0.149. The van der Waals surface area contributed by atoms with Crippen LogP contribution in [0.1, 0.15) is 12.8 Å². The van der Waals surface area contributed by atoms with Crippen molar-refractivity contribution in [2.75, 3.05) is 20.1 Å². The molecule has 72 valence electrons. The fourth-order valence-electron chi connectivity index (χ4n) is 1.62. The first kappa shape index (κ1) is 9.80. The van der Waals surface area contributed by atoms with Gasteiger partial charge in [0, 0.05) is 19.1 Å². The molecule has 1 aliphatic rings. The maximum absolute atomic E-state index is 12.2. The smallest absolute Gasteiger partial charge is 0.318 e. The largest absolute Gasteiger partial charge is 0.460 e. The van der Waals surface area contributed by atoms with Crippen LogP contribution in [0.4, 0.5) is 13.2 Å². The SMILES string of the molecule is CNCC1CCCN1C(F)(F)F. The van der Waals surface area contributed by atoms with Gasteiger partial charge in [0.15, 0.2) is 0 Å². The molecule has 0 spiro atoms. The highest BCUT2D eigenvalue weighted by atomic mass is 19.4. The number of likely N-dealkylation sites (tertiary alicyclic amines) is 1. The van der Waals surface area contributed by atoms with Crippen LogP contribution >= 0.6 is 0 Å². The van der Waals surface area contributed by atoms with Gasteiger partial charge < -0.3 is 5.32 Å². The average Bonchev–Trinajstić information content (AvgIpc) is 2.34. The second-order valence-corrected chi connectivity index (χ2v) is 3.01. The summed E-state index contributed by atoms with van der Waals surface area (Å²) in [5, 5.41) is 2.77. The number of nitrogens with zero attached hydrogens (tertiary/aromatic N) is 1. The first-order chi connectivity index (χ1) is 5.55. The van der Waals surface area contributed by atoms with Crippen molar-refractivity contribution in [2.45, 2.75) is 25.2 Å². The van der Waals surface area contributed by atoms with E-state index in [1.54, 1.807) is 7.05 Å². The third kappa shape index (κ3) is 2.10. The summed E-state index contributed by atoms with van der Waals surface area (Å²) in [5.41, 5.74) is 0. The van der Waals surface area contributed by atoms with E-state index in [1.807, 2.05) is 0 Å². The molecule has 12 heavy (non-hydrogen) atoms. The summed E-state index contributed by atoms with van der Waals surface area (Å²) in [7, 11) is 1.67. The van der Waals surface area contributed by atoms with E-state index in [0.29, 0.717) is 24.3 Å². The first-order valence-electron chi connectivity index (χ1n) is 4.04. The summed E-state index contributed by atoms with van der Waals surface area (Å²) in [6.07, 6.45) is -2.87. The Morgan fingerprint density at radius 2 is 2.17 bits per heavy atom. The molecule has 1 atom stereocenters. The minimum atomic E-state index is -4.15. The molecule has 0 amide bonds. The van der Waals surface area contributed by atoms with Crippen LogP contribution in [0, 0.1) is 0 Å². The van der Waals surface area contributed by atoms with Gasteiger partial charge in [-0.1, -0.05) is 0 Å². The minimum Gasteiger partial charge on any atom is -0.318 e. The van der Waals surface area contributed by atoms with Crippen LogP contribution in [-0.4, -0.2) is 37.4 Å². The van der Waals surface area contributed by atoms with E-state index in [1.165, 1.54) is 0 Å². The van der Waals surface area contributed by atoms with Crippen molar-refractivity contribution in [1.29, 1.82) is 0 Å². The number of hydrogen-bond acceptors (Lipinski definition) is 2. The molecule has 1 N–H and O–H groups in total. The van der Waals surface area contributed by atoms with Gasteiger partial charge in [0.25, 0.3) is 0 Å². The molecular formula is C7H13F3N2. The van der Waals surface area contributed by atoms with E-state index in [4.69, 9.17) is 0 Å². The van der Waals surface area contributed by atoms with Gasteiger partial charge in [0.05, 0.1) is 0 Å². The van der Waals surface area contributed by atoms with Crippen LogP contribution in [0.25, 0.3) is 0 Å². The number of rotatable bonds is 2. The lowest BCUT2D eigenvalue weighted by Crippen LogP contribution is -2.45. The van der Waals surface area contributed by atoms with Crippen molar-refractivity contribution in [1.82, 2.24) is 10.2 Å². The average molecular weight is 182 g/mol. The summed E-state index contributed by atoms with van der Waals surface area (Å²) >= 11 is 0. The maximum Gasteiger partial charge on any atom is 0.460 e. The molecule has 2 nitrogen and oxygen atoms in total. The van der Waals surface area contributed by atoms with Gasteiger partial charge in [0.2, 0.25) is 0 Å². The van der Waals surface area contributed by atoms with E-state index in [9.17, 15) is 13.2 Å². The molecule has 5 heteroatoms. The molecule has 1 fully saturated rings. The Balaban J connectivity index is 2.52. The normalized spacial score (nSPS) is 26.5. The van der Waals surface area contributed by atoms with Crippen molar-refractivity contribution in [2.24, 2.45) is 0 Å². The summed E-state index contributed by atoms with van der Waals surface area (Å²) in [4.78, 5) is 0.615. The number of halogens is 3. The van der Waals surface area contributed by atoms with Crippen molar-refractivity contribution in [3.63, 3.8) is 0 Å². The van der Waals surface area contributed by atoms with E-state index >= 15 is 0 Å². The van der Waals surface area contributed by atoms with Crippen molar-refractivity contribution in [3.05, 3.63) is 0 Å². The number of hydrogen-bond donors (Lipinski definition) is 1. The molecule has 0 aromatic rings. The second-order valence-electron chi connectivity index (χ2n) is 3.01. The Morgan fingerprint density at radius 3 is 2.67 bits per heavy atom. The predicted octanol–water partition coefficient (Wildman–Crippen LogP) is 1.19. The Hall–Kier alpha value is -0.290. The molecule has 1 unspecified atom stereocenters. The Bertz CT molecular complexity index is 146. The monoisotopic (exact) mass is 182 g/mol. The third-order valence-corrected chi connectivity index (χ3v) is 2.14. The Morgan fingerprint density at radius 1 is 1.50 bits per heavy atom. The number of alkyl halides is 3. The lowest BCUT2D eigenvalue weighted by atomic mass is 10.2. The molecule has 1 aliphatic heterocycles. The summed E-state index contributed by atoms with van der Waals surface area (Å²) in [5.74, 6) is 0. The predicted molar refractivity (Wildman–Crippen MR) is 39.7 cm³/mol. The summed E-state index contributed by atoms with van der Waals surface area (Å²) in [6, 6.07) is -0.366. The van der Waals surface area contributed by atoms with Crippen LogP contribution in [0.2, 0.25) is 0 Å². The molecule has 0 radical (unpaired) electrons. The molecular weight excluding hydrogens is 169 g/mol. The highest BCUT2D eigenvalue weighted by Gasteiger charge is 2.43. The van der Waals surface area contributed by atoms with E-state index in [2.05, 4.69) is 5.32 Å². The zero-order valence-electron chi connectivity index (χ0n) is 6.99. The quantitative estimate of drug-likeness (QED) is 0.645. The molecule has 0 aliphatic carbocycles. The van der Waals surface area contributed by atoms with Gasteiger partial charge in [-0.3, -0.25) is 0 Å². The zero-order chi connectivity index (χ0) is 9.19.